The van der Waals surface area contributed by atoms with Crippen LogP contribution in [0.4, 0.5) is 4.39 Å². The van der Waals surface area contributed by atoms with E-state index in [-0.39, 0.29) is 23.3 Å². The van der Waals surface area contributed by atoms with Gasteiger partial charge >= 0.3 is 0 Å². The van der Waals surface area contributed by atoms with E-state index < -0.39 is 5.25 Å². The third kappa shape index (κ3) is 4.84. The van der Waals surface area contributed by atoms with Crippen LogP contribution in [0.1, 0.15) is 30.6 Å². The first kappa shape index (κ1) is 28.0. The Bertz CT molecular complexity index is 1830. The van der Waals surface area contributed by atoms with Crippen LogP contribution < -0.4 is 5.56 Å². The fraction of sp³-hybridized carbons (Fsp3) is 0.226. The monoisotopic (exact) mass is 602 g/mol. The molecule has 1 aliphatic heterocycles. The largest absolute Gasteiger partial charge is 0.335 e. The average molecular weight is 603 g/mol. The molecule has 0 radical (unpaired) electrons. The number of likely N-dealkylation sites (tertiary alicyclic amines) is 1. The van der Waals surface area contributed by atoms with Crippen LogP contribution in [0.5, 0.6) is 0 Å². The maximum absolute atomic E-state index is 14.1. The predicted molar refractivity (Wildman–Crippen MR) is 162 cm³/mol. The van der Waals surface area contributed by atoms with Gasteiger partial charge in [0, 0.05) is 19.2 Å². The lowest BCUT2D eigenvalue weighted by molar-refractivity contribution is -0.129. The van der Waals surface area contributed by atoms with Crippen molar-refractivity contribution in [1.82, 2.24) is 29.0 Å². The van der Waals surface area contributed by atoms with E-state index >= 15 is 0 Å². The Kier molecular flexibility index (Phi) is 7.51. The molecule has 2 atom stereocenters. The van der Waals surface area contributed by atoms with Gasteiger partial charge in [0.05, 0.1) is 27.7 Å². The van der Waals surface area contributed by atoms with E-state index in [0.717, 1.165) is 11.3 Å². The third-order valence-electron chi connectivity index (χ3n) is 7.75. The molecule has 0 N–H and O–H groups in total. The fourth-order valence-corrected chi connectivity index (χ4v) is 6.70. The van der Waals surface area contributed by atoms with Crippen molar-refractivity contribution in [3.05, 3.63) is 111 Å². The highest BCUT2D eigenvalue weighted by Crippen LogP contribution is 2.38. The number of halogens is 2. The normalized spacial score (nSPS) is 15.9. The molecule has 2 aromatic heterocycles. The topological polar surface area (TPSA) is 78.0 Å². The summed E-state index contributed by atoms with van der Waals surface area (Å²) in [5.74, 6) is 0.0524. The molecule has 5 aromatic rings. The Morgan fingerprint density at radius 1 is 0.976 bits per heavy atom. The molecule has 11 heteroatoms. The number of carbonyl (C=O) groups is 1. The summed E-state index contributed by atoms with van der Waals surface area (Å²) in [4.78, 5) is 29.5. The van der Waals surface area contributed by atoms with Gasteiger partial charge in [0.1, 0.15) is 11.5 Å². The van der Waals surface area contributed by atoms with Crippen LogP contribution in [0.25, 0.3) is 22.8 Å². The van der Waals surface area contributed by atoms with E-state index in [2.05, 4.69) is 10.2 Å². The summed E-state index contributed by atoms with van der Waals surface area (Å²) in [6.07, 6.45) is 0.589. The number of nitrogens with zero attached hydrogens (tertiary/aromatic N) is 6. The lowest BCUT2D eigenvalue weighted by Crippen LogP contribution is -2.31. The number of para-hydroxylation sites is 1. The van der Waals surface area contributed by atoms with Gasteiger partial charge in [-0.05, 0) is 62.2 Å². The zero-order valence-electron chi connectivity index (χ0n) is 23.2. The minimum atomic E-state index is -0.435. The van der Waals surface area contributed by atoms with Crippen molar-refractivity contribution < 1.29 is 9.18 Å². The molecule has 3 aromatic carbocycles. The number of hydrogen-bond acceptors (Lipinski definition) is 5. The zero-order valence-corrected chi connectivity index (χ0v) is 24.8. The second-order valence-electron chi connectivity index (χ2n) is 10.2. The van der Waals surface area contributed by atoms with Crippen LogP contribution >= 0.6 is 23.4 Å². The zero-order chi connectivity index (χ0) is 29.5. The lowest BCUT2D eigenvalue weighted by atomic mass is 10.1. The number of amides is 1. The highest BCUT2D eigenvalue weighted by atomic mass is 35.5. The molecule has 214 valence electrons. The van der Waals surface area contributed by atoms with Crippen LogP contribution in [0.3, 0.4) is 0 Å². The Morgan fingerprint density at radius 3 is 2.38 bits per heavy atom. The van der Waals surface area contributed by atoms with E-state index in [9.17, 15) is 14.0 Å². The quantitative estimate of drug-likeness (QED) is 0.229. The molecule has 0 aliphatic carbocycles. The molecule has 0 bridgehead atoms. The number of aromatic nitrogens is 5. The van der Waals surface area contributed by atoms with Gasteiger partial charge in [-0.15, -0.1) is 10.2 Å². The molecule has 2 unspecified atom stereocenters. The molecular formula is C31H28ClFN6O2S. The molecule has 0 saturated carbocycles. The standard InChI is InChI=1S/C31H28ClFN6O2S/c1-19(21-13-15-22(33)16-14-21)37-18-17-26(29(37)40)42-31-35-34-28(24-11-7-8-12-25(24)32)38(31)27-20(2)36(3)39(30(27)41)23-9-5-4-6-10-23/h4-16,19,26H,17-18H2,1-3H3. The van der Waals surface area contributed by atoms with E-state index in [4.69, 9.17) is 11.6 Å². The summed E-state index contributed by atoms with van der Waals surface area (Å²) in [6, 6.07) is 22.7. The number of benzene rings is 3. The number of thioether (sulfide) groups is 1. The van der Waals surface area contributed by atoms with Crippen molar-refractivity contribution in [1.29, 1.82) is 0 Å². The molecular weight excluding hydrogens is 575 g/mol. The van der Waals surface area contributed by atoms with E-state index in [0.29, 0.717) is 45.9 Å². The Hall–Kier alpha value is -4.15. The minimum absolute atomic E-state index is 0.0443. The van der Waals surface area contributed by atoms with Crippen molar-refractivity contribution in [3.8, 4) is 22.8 Å². The van der Waals surface area contributed by atoms with Gasteiger partial charge < -0.3 is 4.90 Å². The van der Waals surface area contributed by atoms with Crippen LogP contribution in [-0.2, 0) is 11.8 Å². The molecule has 1 fully saturated rings. The highest BCUT2D eigenvalue weighted by Gasteiger charge is 2.37. The average Bonchev–Trinajstić information content (AvgIpc) is 3.63. The molecule has 3 heterocycles. The second-order valence-corrected chi connectivity index (χ2v) is 11.8. The number of hydrogen-bond donors (Lipinski definition) is 0. The van der Waals surface area contributed by atoms with Crippen molar-refractivity contribution in [3.63, 3.8) is 0 Å². The van der Waals surface area contributed by atoms with Crippen LogP contribution in [-0.4, -0.2) is 46.7 Å². The highest BCUT2D eigenvalue weighted by molar-refractivity contribution is 8.00. The van der Waals surface area contributed by atoms with Gasteiger partial charge in [0.2, 0.25) is 5.91 Å². The first-order chi connectivity index (χ1) is 20.3. The van der Waals surface area contributed by atoms with E-state index in [1.165, 1.54) is 23.9 Å². The summed E-state index contributed by atoms with van der Waals surface area (Å²) in [6.45, 7) is 4.36. The Balaban J connectivity index is 1.42. The molecule has 0 spiro atoms. The maximum atomic E-state index is 14.1. The molecule has 42 heavy (non-hydrogen) atoms. The summed E-state index contributed by atoms with van der Waals surface area (Å²) < 4.78 is 18.6. The van der Waals surface area contributed by atoms with Crippen molar-refractivity contribution in [2.45, 2.75) is 36.7 Å². The Labute approximate surface area is 251 Å². The van der Waals surface area contributed by atoms with E-state index in [1.54, 1.807) is 37.0 Å². The number of rotatable bonds is 7. The summed E-state index contributed by atoms with van der Waals surface area (Å²) >= 11 is 7.88. The van der Waals surface area contributed by atoms with Gasteiger partial charge in [-0.3, -0.25) is 18.8 Å². The lowest BCUT2D eigenvalue weighted by Gasteiger charge is -2.25. The molecule has 8 nitrogen and oxygen atoms in total. The molecule has 6 rings (SSSR count). The van der Waals surface area contributed by atoms with E-state index in [1.807, 2.05) is 69.4 Å². The SMILES string of the molecule is Cc1c(-n2c(SC3CCN(C(C)c4ccc(F)cc4)C3=O)nnc2-c2ccccc2Cl)c(=O)n(-c2ccccc2)n1C. The van der Waals surface area contributed by atoms with Crippen LogP contribution in [0, 0.1) is 12.7 Å². The van der Waals surface area contributed by atoms with Crippen LogP contribution in [0.2, 0.25) is 5.02 Å². The smallest absolute Gasteiger partial charge is 0.296 e. The Morgan fingerprint density at radius 2 is 1.67 bits per heavy atom. The predicted octanol–water partition coefficient (Wildman–Crippen LogP) is 5.98. The van der Waals surface area contributed by atoms with Gasteiger partial charge in [-0.25, -0.2) is 9.07 Å². The summed E-state index contributed by atoms with van der Waals surface area (Å²) in [7, 11) is 1.83. The third-order valence-corrected chi connectivity index (χ3v) is 9.28. The van der Waals surface area contributed by atoms with Crippen LogP contribution in [0.15, 0.2) is 88.8 Å². The van der Waals surface area contributed by atoms with Crippen molar-refractivity contribution in [2.24, 2.45) is 7.05 Å². The van der Waals surface area contributed by atoms with Gasteiger partial charge in [0.25, 0.3) is 5.56 Å². The summed E-state index contributed by atoms with van der Waals surface area (Å²) in [5, 5.41) is 9.43. The molecule has 1 amide bonds. The maximum Gasteiger partial charge on any atom is 0.296 e. The molecule has 1 saturated heterocycles. The van der Waals surface area contributed by atoms with Gasteiger partial charge in [0.15, 0.2) is 11.0 Å². The molecule has 1 aliphatic rings. The minimum Gasteiger partial charge on any atom is -0.335 e. The summed E-state index contributed by atoms with van der Waals surface area (Å²) in [5.41, 5.74) is 3.03. The van der Waals surface area contributed by atoms with Gasteiger partial charge in [-0.2, -0.15) is 0 Å². The van der Waals surface area contributed by atoms with Crippen molar-refractivity contribution >= 4 is 29.3 Å². The number of carbonyl (C=O) groups excluding carboxylic acids is 1. The first-order valence-corrected chi connectivity index (χ1v) is 14.8. The van der Waals surface area contributed by atoms with Gasteiger partial charge in [-0.1, -0.05) is 65.8 Å². The first-order valence-electron chi connectivity index (χ1n) is 13.5. The van der Waals surface area contributed by atoms with Crippen molar-refractivity contribution in [2.75, 3.05) is 6.54 Å². The fourth-order valence-electron chi connectivity index (χ4n) is 5.39. The second kappa shape index (κ2) is 11.3.